The second-order valence-corrected chi connectivity index (χ2v) is 27.3. The Morgan fingerprint density at radius 2 is 0.768 bits per heavy atom. The molecule has 9 aromatic rings. The number of carbonyl (C=O) groups excluding carboxylic acids is 1. The van der Waals surface area contributed by atoms with Crippen LogP contribution in [-0.4, -0.2) is 124 Å². The minimum Gasteiger partial charge on any atom is -0.390 e. The number of nitrogens with zero attached hydrogens (tertiary/aromatic N) is 11. The molecule has 0 unspecified atom stereocenters. The molecule has 0 aliphatic carbocycles. The lowest BCUT2D eigenvalue weighted by Crippen LogP contribution is -2.07. The third-order valence-corrected chi connectivity index (χ3v) is 16.8. The van der Waals surface area contributed by atoms with E-state index in [-0.39, 0.29) is 27.8 Å². The number of nitrogens with two attached hydrogens (primary N) is 2. The van der Waals surface area contributed by atoms with Gasteiger partial charge in [-0.05, 0) is 151 Å². The predicted molar refractivity (Wildman–Crippen MR) is 306 cm³/mol. The molecule has 0 fully saturated rings. The third-order valence-electron chi connectivity index (χ3n) is 11.1. The number of benzene rings is 5. The summed E-state index contributed by atoms with van der Waals surface area (Å²) in [6, 6.07) is 38.5. The molecular formula is C51H56N14O12S5. The van der Waals surface area contributed by atoms with Gasteiger partial charge >= 0.3 is 0 Å². The Morgan fingerprint density at radius 1 is 0.476 bits per heavy atom. The maximum atomic E-state index is 11.4. The first-order valence-electron chi connectivity index (χ1n) is 23.5. The Morgan fingerprint density at radius 3 is 1.09 bits per heavy atom. The van der Waals surface area contributed by atoms with E-state index in [9.17, 15) is 46.9 Å². The summed E-state index contributed by atoms with van der Waals surface area (Å²) in [6.45, 7) is 0.450. The zero-order valence-corrected chi connectivity index (χ0v) is 48.5. The Labute approximate surface area is 473 Å². The molecule has 0 aliphatic rings. The molecule has 0 bridgehead atoms. The highest BCUT2D eigenvalue weighted by atomic mass is 32.2. The molecule has 26 nitrogen and oxygen atoms in total. The molecular weight excluding hydrogens is 1160 g/mol. The van der Waals surface area contributed by atoms with Crippen molar-refractivity contribution < 1.29 is 52.0 Å². The summed E-state index contributed by atoms with van der Waals surface area (Å²) in [7, 11) is -15.9. The number of rotatable bonds is 15. The molecule has 0 radical (unpaired) electrons. The van der Waals surface area contributed by atoms with Crippen molar-refractivity contribution in [1.29, 1.82) is 0 Å². The van der Waals surface area contributed by atoms with Gasteiger partial charge in [-0.2, -0.15) is 20.4 Å². The molecule has 0 saturated heterocycles. The monoisotopic (exact) mass is 1220 g/mol. The van der Waals surface area contributed by atoms with Crippen LogP contribution >= 0.6 is 0 Å². The average Bonchev–Trinajstić information content (AvgIpc) is 4.39. The fourth-order valence-corrected chi connectivity index (χ4v) is 10.1. The van der Waals surface area contributed by atoms with Crippen LogP contribution in [0.2, 0.25) is 0 Å². The zero-order valence-electron chi connectivity index (χ0n) is 44.4. The van der Waals surface area contributed by atoms with Gasteiger partial charge in [0.15, 0.2) is 55.5 Å². The van der Waals surface area contributed by atoms with Crippen molar-refractivity contribution >= 4 is 61.2 Å². The van der Waals surface area contributed by atoms with E-state index in [2.05, 4.69) is 35.8 Å². The van der Waals surface area contributed by atoms with Crippen molar-refractivity contribution in [2.45, 2.75) is 44.2 Å². The van der Waals surface area contributed by atoms with Crippen LogP contribution < -0.4 is 17.0 Å². The summed E-state index contributed by atoms with van der Waals surface area (Å²) in [5.74, 6) is 5.11. The quantitative estimate of drug-likeness (QED) is 0.0260. The highest BCUT2D eigenvalue weighted by Gasteiger charge is 2.13. The number of sulfone groups is 5. The number of aromatic nitrogens is 8. The molecule has 0 saturated carbocycles. The number of anilines is 1. The molecule has 6 N–H and O–H groups in total. The predicted octanol–water partition coefficient (Wildman–Crippen LogP) is 5.05. The van der Waals surface area contributed by atoms with Gasteiger partial charge in [-0.3, -0.25) is 10.6 Å². The number of aliphatic hydroxyl groups excluding tert-OH is 1. The summed E-state index contributed by atoms with van der Waals surface area (Å²) in [4.78, 5) is 14.8. The van der Waals surface area contributed by atoms with Crippen molar-refractivity contribution in [2.24, 2.45) is 16.7 Å². The summed E-state index contributed by atoms with van der Waals surface area (Å²) >= 11 is 0. The molecule has 31 heteroatoms. The highest BCUT2D eigenvalue weighted by molar-refractivity contribution is 7.91. The van der Waals surface area contributed by atoms with Crippen LogP contribution in [0.5, 0.6) is 0 Å². The van der Waals surface area contributed by atoms with Crippen LogP contribution in [0, 0.1) is 0 Å². The molecule has 0 atom stereocenters. The van der Waals surface area contributed by atoms with Gasteiger partial charge in [0.2, 0.25) is 0 Å². The molecule has 4 heterocycles. The van der Waals surface area contributed by atoms with Gasteiger partial charge in [0.05, 0.1) is 83.7 Å². The van der Waals surface area contributed by atoms with E-state index >= 15 is 0 Å². The number of hydrazine groups is 1. The minimum atomic E-state index is -3.21. The minimum absolute atomic E-state index is 0.117. The van der Waals surface area contributed by atoms with Gasteiger partial charge in [-0.1, -0.05) is 5.11 Å². The van der Waals surface area contributed by atoms with E-state index in [0.717, 1.165) is 42.1 Å². The first kappa shape index (κ1) is 64.2. The van der Waals surface area contributed by atoms with E-state index in [0.29, 0.717) is 56.8 Å². The van der Waals surface area contributed by atoms with Crippen molar-refractivity contribution in [1.82, 2.24) is 39.1 Å². The van der Waals surface area contributed by atoms with Crippen LogP contribution in [0.3, 0.4) is 0 Å². The van der Waals surface area contributed by atoms with Crippen LogP contribution in [0.15, 0.2) is 200 Å². The lowest BCUT2D eigenvalue weighted by atomic mass is 10.3. The lowest BCUT2D eigenvalue weighted by Gasteiger charge is -2.06. The molecule has 5 aromatic carbocycles. The van der Waals surface area contributed by atoms with E-state index in [1.54, 1.807) is 124 Å². The summed E-state index contributed by atoms with van der Waals surface area (Å²) < 4.78 is 119. The first-order chi connectivity index (χ1) is 38.6. The summed E-state index contributed by atoms with van der Waals surface area (Å²) in [6.07, 6.45) is 12.8. The Kier molecular flexibility index (Phi) is 22.0. The molecule has 0 spiro atoms. The molecule has 4 aromatic heterocycles. The van der Waals surface area contributed by atoms with Gasteiger partial charge in [0.25, 0.3) is 0 Å². The van der Waals surface area contributed by atoms with Crippen molar-refractivity contribution in [3.63, 3.8) is 0 Å². The summed E-state index contributed by atoms with van der Waals surface area (Å²) in [5, 5.41) is 28.9. The number of hydrogen-bond donors (Lipinski definition) is 4. The number of carbonyl (C=O) groups is 1. The highest BCUT2D eigenvalue weighted by Crippen LogP contribution is 2.19. The van der Waals surface area contributed by atoms with Crippen LogP contribution in [0.4, 0.5) is 5.69 Å². The maximum absolute atomic E-state index is 11.4. The van der Waals surface area contributed by atoms with Gasteiger partial charge in [-0.15, -0.1) is 0 Å². The molecule has 0 aliphatic heterocycles. The molecule has 0 amide bonds. The van der Waals surface area contributed by atoms with Gasteiger partial charge in [-0.25, -0.2) is 60.8 Å². The second-order valence-electron chi connectivity index (χ2n) is 17.2. The van der Waals surface area contributed by atoms with Crippen LogP contribution in [-0.2, 0) is 68.9 Å². The largest absolute Gasteiger partial charge is 0.390 e. The second kappa shape index (κ2) is 28.2. The smallest absolute Gasteiger partial charge is 0.175 e. The van der Waals surface area contributed by atoms with E-state index in [1.165, 1.54) is 65.7 Å². The Bertz CT molecular complexity index is 4110. The van der Waals surface area contributed by atoms with Gasteiger partial charge in [0, 0.05) is 67.0 Å². The first-order valence-corrected chi connectivity index (χ1v) is 33.0. The Balaban J connectivity index is 0.000000189. The molecule has 82 heavy (non-hydrogen) atoms. The SMILES string of the molecule is CS(=O)(=O)c1ccc(-n2nccc2C=O)cc1.CS(=O)(=O)c1ccc(-n2nccc2CN)cc1.CS(=O)(=O)c1ccc(-n2nccc2CN=[N+]=[N-])cc1.CS(=O)(=O)c1ccc(-n2nccc2CO)cc1.CS(=O)(=O)c1ccc(NN)cc1. The number of azide groups is 1. The van der Waals surface area contributed by atoms with Crippen LogP contribution in [0.25, 0.3) is 33.2 Å². The number of aldehydes is 1. The third kappa shape index (κ3) is 18.2. The summed E-state index contributed by atoms with van der Waals surface area (Å²) in [5.41, 5.74) is 22.5. The fraction of sp³-hybridized carbons (Fsp3) is 0.157. The number of nitrogen functional groups attached to an aromatic ring is 1. The van der Waals surface area contributed by atoms with Gasteiger partial charge in [0.1, 0.15) is 5.69 Å². The van der Waals surface area contributed by atoms with E-state index in [4.69, 9.17) is 22.2 Å². The molecule has 432 valence electrons. The number of nitrogens with one attached hydrogen (secondary N) is 1. The standard InChI is InChI=1S/C11H11N5O2S.C11H13N3O2S.C11H12N2O3S.C11H10N2O3S.C7H10N2O2S/c1-19(17,18)11-4-2-9(3-5-11)16-10(6-7-14-16)8-13-15-12;1-17(15,16)11-4-2-9(3-5-11)14-10(8-12)6-7-13-14;2*1-17(15,16)11-4-2-9(3-5-11)13-10(8-14)6-7-12-13;1-12(10,11)7-4-2-6(9-8)3-5-7/h2-7H,8H2,1H3;2-7H,8,12H2,1H3;2-7,14H,8H2,1H3;2-8H,1H3;2-5,9H,8H2,1H3. The van der Waals surface area contributed by atoms with Gasteiger partial charge < -0.3 is 16.3 Å². The normalized spacial score (nSPS) is 11.4. The van der Waals surface area contributed by atoms with Crippen molar-refractivity contribution in [3.05, 3.63) is 204 Å². The number of hydrogen-bond acceptors (Lipinski definition) is 20. The average molecular weight is 1220 g/mol. The fourth-order valence-electron chi connectivity index (χ4n) is 6.94. The van der Waals surface area contributed by atoms with E-state index in [1.807, 2.05) is 6.07 Å². The zero-order chi connectivity index (χ0) is 60.5. The van der Waals surface area contributed by atoms with E-state index < -0.39 is 49.2 Å². The number of aliphatic hydroxyl groups is 1. The maximum Gasteiger partial charge on any atom is 0.175 e. The Hall–Kier alpha value is -8.65. The van der Waals surface area contributed by atoms with Crippen LogP contribution in [0.1, 0.15) is 27.6 Å². The van der Waals surface area contributed by atoms with Crippen molar-refractivity contribution in [3.8, 4) is 22.7 Å². The lowest BCUT2D eigenvalue weighted by molar-refractivity contribution is 0.111. The van der Waals surface area contributed by atoms with Crippen molar-refractivity contribution in [2.75, 3.05) is 36.7 Å². The molecule has 9 rings (SSSR count). The topological polar surface area (TPSA) is 392 Å².